The first-order valence-corrected chi connectivity index (χ1v) is 8.73. The van der Waals surface area contributed by atoms with Gasteiger partial charge >= 0.3 is 0 Å². The van der Waals surface area contributed by atoms with Crippen molar-refractivity contribution in [3.8, 4) is 0 Å². The van der Waals surface area contributed by atoms with Gasteiger partial charge in [-0.2, -0.15) is 0 Å². The van der Waals surface area contributed by atoms with Crippen LogP contribution >= 0.6 is 0 Å². The van der Waals surface area contributed by atoms with Crippen LogP contribution in [0.2, 0.25) is 0 Å². The molecule has 1 heterocycles. The highest BCUT2D eigenvalue weighted by molar-refractivity contribution is 6.28. The summed E-state index contributed by atoms with van der Waals surface area (Å²) >= 11 is 0. The average molecular weight is 323 g/mol. The van der Waals surface area contributed by atoms with Gasteiger partial charge in [0.25, 0.3) is 0 Å². The Hall–Kier alpha value is -2.43. The van der Waals surface area contributed by atoms with Gasteiger partial charge in [-0.15, -0.1) is 0 Å². The van der Waals surface area contributed by atoms with Crippen LogP contribution in [0.3, 0.4) is 0 Å². The van der Waals surface area contributed by atoms with Gasteiger partial charge in [-0.25, -0.2) is 4.98 Å². The maximum absolute atomic E-state index is 13.1. The van der Waals surface area contributed by atoms with E-state index in [1.165, 1.54) is 6.42 Å². The zero-order valence-corrected chi connectivity index (χ0v) is 13.8. The van der Waals surface area contributed by atoms with Gasteiger partial charge in [0.1, 0.15) is 22.9 Å². The van der Waals surface area contributed by atoms with Crippen molar-refractivity contribution in [2.24, 2.45) is 5.16 Å². The fourth-order valence-corrected chi connectivity index (χ4v) is 3.63. The van der Waals surface area contributed by atoms with E-state index in [9.17, 15) is 10.0 Å². The number of rotatable bonds is 4. The van der Waals surface area contributed by atoms with Crippen LogP contribution in [0.15, 0.2) is 29.4 Å². The minimum atomic E-state index is -0.0119. The first-order valence-electron chi connectivity index (χ1n) is 8.73. The van der Waals surface area contributed by atoms with Gasteiger partial charge < -0.3 is 9.77 Å². The molecule has 0 bridgehead atoms. The van der Waals surface area contributed by atoms with Crippen LogP contribution in [0, 0.1) is 0 Å². The molecule has 2 aliphatic carbocycles. The molecule has 0 saturated heterocycles. The molecule has 1 fully saturated rings. The largest absolute Gasteiger partial charge is 0.410 e. The maximum Gasteiger partial charge on any atom is 0.212 e. The highest BCUT2D eigenvalue weighted by Gasteiger charge is 2.37. The van der Waals surface area contributed by atoms with Crippen molar-refractivity contribution in [3.05, 3.63) is 52.6 Å². The van der Waals surface area contributed by atoms with E-state index < -0.39 is 0 Å². The number of hydrogen-bond acceptors (Lipinski definition) is 4. The molecule has 0 radical (unpaired) electrons. The van der Waals surface area contributed by atoms with E-state index in [1.54, 1.807) is 6.07 Å². The lowest BCUT2D eigenvalue weighted by Crippen LogP contribution is -2.24. The van der Waals surface area contributed by atoms with E-state index >= 15 is 0 Å². The molecular formula is C19H21N3O2. The van der Waals surface area contributed by atoms with Crippen molar-refractivity contribution in [2.75, 3.05) is 0 Å². The van der Waals surface area contributed by atoms with Crippen molar-refractivity contribution in [3.63, 3.8) is 0 Å². The molecule has 1 N–H and O–H groups in total. The van der Waals surface area contributed by atoms with Crippen molar-refractivity contribution in [1.29, 1.82) is 0 Å². The van der Waals surface area contributed by atoms with Gasteiger partial charge in [-0.05, 0) is 19.3 Å². The number of ketones is 1. The molecule has 5 heteroatoms. The summed E-state index contributed by atoms with van der Waals surface area (Å²) in [5, 5.41) is 13.1. The number of carbonyl (C=O) groups is 1. The summed E-state index contributed by atoms with van der Waals surface area (Å²) in [7, 11) is 0. The molecule has 0 spiro atoms. The Balaban J connectivity index is 1.92. The summed E-state index contributed by atoms with van der Waals surface area (Å²) in [6.45, 7) is 2.93. The van der Waals surface area contributed by atoms with Gasteiger partial charge in [-0.3, -0.25) is 4.79 Å². The summed E-state index contributed by atoms with van der Waals surface area (Å²) in [5.41, 5.74) is 2.81. The number of oxime groups is 1. The molecule has 0 atom stereocenters. The van der Waals surface area contributed by atoms with Crippen LogP contribution in [0.25, 0.3) is 0 Å². The Bertz CT molecular complexity index is 831. The number of hydrogen-bond donors (Lipinski definition) is 1. The summed E-state index contributed by atoms with van der Waals surface area (Å²) in [5.74, 6) is 1.40. The van der Waals surface area contributed by atoms with Gasteiger partial charge in [0.15, 0.2) is 0 Å². The SMILES string of the molecule is CCCCn1c(C2CCC2)nc2c1C(=O)c1ccccc1/C2=N\O. The summed E-state index contributed by atoms with van der Waals surface area (Å²) in [6, 6.07) is 7.31. The standard InChI is InChI=1S/C19H21N3O2/c1-2-3-11-22-17-16(20-19(22)12-7-6-8-12)15(21-24)13-9-4-5-10-14(13)18(17)23/h4-5,9-10,12,24H,2-3,6-8,11H2,1H3/b21-15+. The van der Waals surface area contributed by atoms with E-state index in [0.29, 0.717) is 34.1 Å². The number of imidazole rings is 1. The van der Waals surface area contributed by atoms with E-state index in [2.05, 4.69) is 16.6 Å². The van der Waals surface area contributed by atoms with Gasteiger partial charge in [-0.1, -0.05) is 49.2 Å². The number of aromatic nitrogens is 2. The molecule has 2 aromatic rings. The molecule has 0 unspecified atom stereocenters. The smallest absolute Gasteiger partial charge is 0.212 e. The monoisotopic (exact) mass is 323 g/mol. The summed E-state index contributed by atoms with van der Waals surface area (Å²) in [6.07, 6.45) is 5.51. The van der Waals surface area contributed by atoms with Crippen LogP contribution < -0.4 is 0 Å². The second-order valence-corrected chi connectivity index (χ2v) is 6.62. The number of fused-ring (bicyclic) bond motifs is 2. The topological polar surface area (TPSA) is 67.5 Å². The van der Waals surface area contributed by atoms with Crippen LogP contribution in [0.4, 0.5) is 0 Å². The fraction of sp³-hybridized carbons (Fsp3) is 0.421. The van der Waals surface area contributed by atoms with Crippen LogP contribution in [0.5, 0.6) is 0 Å². The van der Waals surface area contributed by atoms with E-state index in [1.807, 2.05) is 18.2 Å². The highest BCUT2D eigenvalue weighted by Crippen LogP contribution is 2.39. The number of carbonyl (C=O) groups excluding carboxylic acids is 1. The molecule has 5 nitrogen and oxygen atoms in total. The van der Waals surface area contributed by atoms with Crippen molar-refractivity contribution in [2.45, 2.75) is 51.5 Å². The molecule has 4 rings (SSSR count). The Morgan fingerprint density at radius 2 is 2.04 bits per heavy atom. The molecule has 1 aromatic carbocycles. The molecule has 124 valence electrons. The Morgan fingerprint density at radius 1 is 1.29 bits per heavy atom. The second-order valence-electron chi connectivity index (χ2n) is 6.62. The van der Waals surface area contributed by atoms with Gasteiger partial charge in [0.05, 0.1) is 0 Å². The fourth-order valence-electron chi connectivity index (χ4n) is 3.63. The first kappa shape index (κ1) is 15.1. The molecule has 0 aliphatic heterocycles. The van der Waals surface area contributed by atoms with Crippen LogP contribution in [-0.2, 0) is 6.54 Å². The first-order chi connectivity index (χ1) is 11.8. The quantitative estimate of drug-likeness (QED) is 0.588. The van der Waals surface area contributed by atoms with E-state index in [-0.39, 0.29) is 5.78 Å². The third-order valence-corrected chi connectivity index (χ3v) is 5.17. The minimum absolute atomic E-state index is 0.0119. The van der Waals surface area contributed by atoms with Crippen molar-refractivity contribution in [1.82, 2.24) is 9.55 Å². The zero-order valence-electron chi connectivity index (χ0n) is 13.8. The maximum atomic E-state index is 13.1. The predicted octanol–water partition coefficient (Wildman–Crippen LogP) is 3.72. The third-order valence-electron chi connectivity index (χ3n) is 5.17. The minimum Gasteiger partial charge on any atom is -0.410 e. The average Bonchev–Trinajstić information content (AvgIpc) is 2.91. The van der Waals surface area contributed by atoms with E-state index in [4.69, 9.17) is 4.98 Å². The Kier molecular flexibility index (Phi) is 3.71. The highest BCUT2D eigenvalue weighted by atomic mass is 16.4. The lowest BCUT2D eigenvalue weighted by atomic mass is 9.85. The number of unbranched alkanes of at least 4 members (excludes halogenated alkanes) is 1. The third kappa shape index (κ3) is 2.11. The van der Waals surface area contributed by atoms with Crippen LogP contribution in [-0.4, -0.2) is 26.3 Å². The molecule has 2 aliphatic rings. The zero-order chi connectivity index (χ0) is 16.7. The Morgan fingerprint density at radius 3 is 2.67 bits per heavy atom. The second kappa shape index (κ2) is 5.89. The summed E-state index contributed by atoms with van der Waals surface area (Å²) < 4.78 is 2.09. The van der Waals surface area contributed by atoms with Crippen molar-refractivity contribution >= 4 is 11.5 Å². The summed E-state index contributed by atoms with van der Waals surface area (Å²) in [4.78, 5) is 17.9. The normalized spacial score (nSPS) is 18.4. The van der Waals surface area contributed by atoms with Crippen molar-refractivity contribution < 1.29 is 10.0 Å². The van der Waals surface area contributed by atoms with Gasteiger partial charge in [0, 0.05) is 23.6 Å². The Labute approximate surface area is 141 Å². The van der Waals surface area contributed by atoms with E-state index in [0.717, 1.165) is 38.1 Å². The number of nitrogens with zero attached hydrogens (tertiary/aromatic N) is 3. The molecular weight excluding hydrogens is 302 g/mol. The molecule has 1 saturated carbocycles. The molecule has 0 amide bonds. The van der Waals surface area contributed by atoms with Gasteiger partial charge in [0.2, 0.25) is 5.78 Å². The van der Waals surface area contributed by atoms with Crippen LogP contribution in [0.1, 0.15) is 78.1 Å². The number of benzene rings is 1. The lowest BCUT2D eigenvalue weighted by Gasteiger charge is -2.26. The lowest BCUT2D eigenvalue weighted by molar-refractivity contribution is 0.102. The molecule has 24 heavy (non-hydrogen) atoms. The predicted molar refractivity (Wildman–Crippen MR) is 91.0 cm³/mol. The molecule has 1 aromatic heterocycles.